The van der Waals surface area contributed by atoms with E-state index in [1.54, 1.807) is 0 Å². The zero-order valence-corrected chi connectivity index (χ0v) is 10.9. The minimum atomic E-state index is -1.29. The summed E-state index contributed by atoms with van der Waals surface area (Å²) in [5.41, 5.74) is 0. The Kier molecular flexibility index (Phi) is 4.40. The number of hydrogen-bond acceptors (Lipinski definition) is 1. The topological polar surface area (TPSA) is 20.2 Å². The molecule has 1 N–H and O–H groups in total. The van der Waals surface area contributed by atoms with Crippen LogP contribution in [-0.4, -0.2) is 19.3 Å². The van der Waals surface area contributed by atoms with Gasteiger partial charge in [-0.25, -0.2) is 0 Å². The summed E-state index contributed by atoms with van der Waals surface area (Å²) in [6.07, 6.45) is -0.237. The second-order valence-electron chi connectivity index (χ2n) is 5.30. The highest BCUT2D eigenvalue weighted by atomic mass is 28.3. The van der Waals surface area contributed by atoms with E-state index in [0.29, 0.717) is 5.92 Å². The molecule has 78 valence electrons. The molecule has 0 saturated carbocycles. The van der Waals surface area contributed by atoms with E-state index in [0.717, 1.165) is 0 Å². The first-order chi connectivity index (χ1) is 5.68. The van der Waals surface area contributed by atoms with Crippen LogP contribution in [0.4, 0.5) is 0 Å². The third-order valence-corrected chi connectivity index (χ3v) is 5.09. The van der Waals surface area contributed by atoms with Crippen LogP contribution < -0.4 is 0 Å². The van der Waals surface area contributed by atoms with E-state index < -0.39 is 8.07 Å². The predicted octanol–water partition coefficient (Wildman–Crippen LogP) is 3.07. The van der Waals surface area contributed by atoms with Crippen LogP contribution in [0.5, 0.6) is 0 Å². The molecular weight excluding hydrogens is 176 g/mol. The maximum absolute atomic E-state index is 9.89. The SMILES string of the molecule is C=C([C@@H](C)[C@H](O)C(C)C)[Si](C)(C)C. The van der Waals surface area contributed by atoms with Crippen molar-refractivity contribution < 1.29 is 5.11 Å². The van der Waals surface area contributed by atoms with Crippen LogP contribution in [0.3, 0.4) is 0 Å². The molecule has 2 atom stereocenters. The molecule has 0 aromatic carbocycles. The van der Waals surface area contributed by atoms with Gasteiger partial charge in [-0.15, -0.1) is 6.58 Å². The van der Waals surface area contributed by atoms with Gasteiger partial charge < -0.3 is 5.11 Å². The van der Waals surface area contributed by atoms with E-state index in [1.807, 2.05) is 0 Å². The number of hydrogen-bond donors (Lipinski definition) is 1. The van der Waals surface area contributed by atoms with Gasteiger partial charge in [-0.2, -0.15) is 0 Å². The molecule has 0 heterocycles. The van der Waals surface area contributed by atoms with Crippen molar-refractivity contribution in [1.29, 1.82) is 0 Å². The summed E-state index contributed by atoms with van der Waals surface area (Å²) in [4.78, 5) is 0. The summed E-state index contributed by atoms with van der Waals surface area (Å²) in [5.74, 6) is 0.565. The van der Waals surface area contributed by atoms with Gasteiger partial charge in [0, 0.05) is 0 Å². The molecule has 0 aliphatic rings. The highest BCUT2D eigenvalue weighted by Crippen LogP contribution is 2.26. The fraction of sp³-hybridized carbons (Fsp3) is 0.818. The quantitative estimate of drug-likeness (QED) is 0.692. The van der Waals surface area contributed by atoms with E-state index in [1.165, 1.54) is 5.20 Å². The number of aliphatic hydroxyl groups excluding tert-OH is 1. The minimum Gasteiger partial charge on any atom is -0.392 e. The first-order valence-corrected chi connectivity index (χ1v) is 8.55. The van der Waals surface area contributed by atoms with Gasteiger partial charge in [-0.05, 0) is 11.8 Å². The van der Waals surface area contributed by atoms with E-state index >= 15 is 0 Å². The van der Waals surface area contributed by atoms with Crippen LogP contribution >= 0.6 is 0 Å². The highest BCUT2D eigenvalue weighted by molar-refractivity contribution is 6.83. The Morgan fingerprint density at radius 2 is 1.54 bits per heavy atom. The maximum atomic E-state index is 9.89. The molecule has 0 aliphatic carbocycles. The Morgan fingerprint density at radius 3 is 1.77 bits per heavy atom. The van der Waals surface area contributed by atoms with Crippen molar-refractivity contribution in [3.63, 3.8) is 0 Å². The molecule has 2 heteroatoms. The van der Waals surface area contributed by atoms with E-state index in [2.05, 4.69) is 47.0 Å². The molecular formula is C11H24OSi. The van der Waals surface area contributed by atoms with Crippen molar-refractivity contribution in [1.82, 2.24) is 0 Å². The van der Waals surface area contributed by atoms with Gasteiger partial charge in [0.15, 0.2) is 0 Å². The first kappa shape index (κ1) is 12.9. The van der Waals surface area contributed by atoms with Crippen LogP contribution in [0.1, 0.15) is 20.8 Å². The second-order valence-corrected chi connectivity index (χ2v) is 10.4. The monoisotopic (exact) mass is 200 g/mol. The molecule has 0 fully saturated rings. The van der Waals surface area contributed by atoms with Gasteiger partial charge in [0.05, 0.1) is 14.2 Å². The van der Waals surface area contributed by atoms with Crippen LogP contribution in [0, 0.1) is 11.8 Å². The Balaban J connectivity index is 4.44. The summed E-state index contributed by atoms with van der Waals surface area (Å²) in [6, 6.07) is 0. The molecule has 0 bridgehead atoms. The van der Waals surface area contributed by atoms with Gasteiger partial charge in [0.2, 0.25) is 0 Å². The van der Waals surface area contributed by atoms with Crippen LogP contribution in [0.2, 0.25) is 19.6 Å². The lowest BCUT2D eigenvalue weighted by Crippen LogP contribution is -2.35. The molecule has 13 heavy (non-hydrogen) atoms. The van der Waals surface area contributed by atoms with Crippen molar-refractivity contribution in [2.75, 3.05) is 0 Å². The summed E-state index contributed by atoms with van der Waals surface area (Å²) >= 11 is 0. The fourth-order valence-corrected chi connectivity index (χ4v) is 3.00. The lowest BCUT2D eigenvalue weighted by molar-refractivity contribution is 0.0891. The molecule has 1 nitrogen and oxygen atoms in total. The molecule has 0 spiro atoms. The van der Waals surface area contributed by atoms with Gasteiger partial charge in [0.25, 0.3) is 0 Å². The average molecular weight is 200 g/mol. The van der Waals surface area contributed by atoms with Crippen molar-refractivity contribution in [2.45, 2.75) is 46.5 Å². The highest BCUT2D eigenvalue weighted by Gasteiger charge is 2.28. The molecule has 0 rings (SSSR count). The normalized spacial score (nSPS) is 17.2. The van der Waals surface area contributed by atoms with Crippen molar-refractivity contribution in [3.05, 3.63) is 11.8 Å². The molecule has 0 aromatic heterocycles. The first-order valence-electron chi connectivity index (χ1n) is 5.05. The average Bonchev–Trinajstić information content (AvgIpc) is 1.98. The lowest BCUT2D eigenvalue weighted by Gasteiger charge is -2.30. The molecule has 0 saturated heterocycles. The fourth-order valence-electron chi connectivity index (χ4n) is 1.47. The number of aliphatic hydroxyl groups is 1. The largest absolute Gasteiger partial charge is 0.392 e. The molecule has 0 unspecified atom stereocenters. The summed E-state index contributed by atoms with van der Waals surface area (Å²) in [7, 11) is -1.29. The second kappa shape index (κ2) is 4.42. The Labute approximate surface area is 83.9 Å². The van der Waals surface area contributed by atoms with Crippen molar-refractivity contribution in [2.24, 2.45) is 11.8 Å². The van der Waals surface area contributed by atoms with Gasteiger partial charge in [-0.1, -0.05) is 45.6 Å². The van der Waals surface area contributed by atoms with E-state index in [4.69, 9.17) is 0 Å². The van der Waals surface area contributed by atoms with E-state index in [-0.39, 0.29) is 12.0 Å². The standard InChI is InChI=1S/C11H24OSi/c1-8(2)11(12)9(3)10(4)13(5,6)7/h8-9,11-12H,4H2,1-3,5-7H3/t9-,11-/m1/s1. The third-order valence-electron chi connectivity index (χ3n) is 2.71. The van der Waals surface area contributed by atoms with Gasteiger partial charge in [-0.3, -0.25) is 0 Å². The third kappa shape index (κ3) is 3.65. The molecule has 0 aliphatic heterocycles. The Hall–Kier alpha value is -0.0831. The predicted molar refractivity (Wildman–Crippen MR) is 62.5 cm³/mol. The Bertz CT molecular complexity index is 179. The molecule has 0 amide bonds. The van der Waals surface area contributed by atoms with Crippen LogP contribution in [0.25, 0.3) is 0 Å². The molecule has 0 radical (unpaired) electrons. The van der Waals surface area contributed by atoms with Gasteiger partial charge >= 0.3 is 0 Å². The van der Waals surface area contributed by atoms with Crippen LogP contribution in [0.15, 0.2) is 11.8 Å². The van der Waals surface area contributed by atoms with E-state index in [9.17, 15) is 5.11 Å². The smallest absolute Gasteiger partial charge is 0.0721 e. The van der Waals surface area contributed by atoms with Crippen LogP contribution in [-0.2, 0) is 0 Å². The molecule has 0 aromatic rings. The minimum absolute atomic E-state index is 0.237. The van der Waals surface area contributed by atoms with Gasteiger partial charge in [0.1, 0.15) is 0 Å². The maximum Gasteiger partial charge on any atom is 0.0721 e. The van der Waals surface area contributed by atoms with Crippen molar-refractivity contribution in [3.8, 4) is 0 Å². The summed E-state index contributed by atoms with van der Waals surface area (Å²) in [5, 5.41) is 11.2. The summed E-state index contributed by atoms with van der Waals surface area (Å²) in [6.45, 7) is 17.2. The summed E-state index contributed by atoms with van der Waals surface area (Å²) < 4.78 is 0. The zero-order valence-electron chi connectivity index (χ0n) is 9.89. The lowest BCUT2D eigenvalue weighted by atomic mass is 9.95. The Morgan fingerprint density at radius 1 is 1.15 bits per heavy atom. The zero-order chi connectivity index (χ0) is 10.8. The van der Waals surface area contributed by atoms with Crippen molar-refractivity contribution >= 4 is 8.07 Å². The number of rotatable bonds is 4.